The molecular weight excluding hydrogens is 214 g/mol. The smallest absolute Gasteiger partial charge is 0.324 e. The molecular formula is C7H8F2N2O2S. The monoisotopic (exact) mass is 222 g/mol. The van der Waals surface area contributed by atoms with Gasteiger partial charge in [0.05, 0.1) is 11.5 Å². The van der Waals surface area contributed by atoms with Crippen LogP contribution >= 0.6 is 11.3 Å². The number of nitrogens with two attached hydrogens (primary N) is 1. The largest absolute Gasteiger partial charge is 0.325 e. The summed E-state index contributed by atoms with van der Waals surface area (Å²) in [5.74, 6) is -2.99. The Labute approximate surface area is 82.5 Å². The van der Waals surface area contributed by atoms with Crippen molar-refractivity contribution in [2.24, 2.45) is 5.73 Å². The first kappa shape index (κ1) is 11.0. The molecule has 1 aromatic heterocycles. The molecule has 0 saturated carbocycles. The van der Waals surface area contributed by atoms with E-state index in [-0.39, 0.29) is 9.88 Å². The maximum atomic E-state index is 12.8. The molecule has 0 aliphatic rings. The molecule has 0 atom stereocenters. The third-order valence-corrected chi connectivity index (χ3v) is 2.60. The molecule has 0 aromatic carbocycles. The molecule has 0 spiro atoms. The van der Waals surface area contributed by atoms with E-state index in [1.54, 1.807) is 0 Å². The van der Waals surface area contributed by atoms with Gasteiger partial charge in [-0.1, -0.05) is 11.3 Å². The first-order valence-corrected chi connectivity index (χ1v) is 4.57. The molecule has 78 valence electrons. The predicted octanol–water partition coefficient (Wildman–Crippen LogP) is 1.79. The maximum absolute atomic E-state index is 12.8. The van der Waals surface area contributed by atoms with E-state index in [0.29, 0.717) is 0 Å². The van der Waals surface area contributed by atoms with E-state index in [1.807, 2.05) is 0 Å². The summed E-state index contributed by atoms with van der Waals surface area (Å²) in [4.78, 5) is 9.92. The summed E-state index contributed by atoms with van der Waals surface area (Å²) < 4.78 is 25.5. The van der Waals surface area contributed by atoms with Crippen LogP contribution in [-0.4, -0.2) is 17.4 Å². The van der Waals surface area contributed by atoms with Gasteiger partial charge in [0.1, 0.15) is 0 Å². The predicted molar refractivity (Wildman–Crippen MR) is 48.7 cm³/mol. The van der Waals surface area contributed by atoms with E-state index in [9.17, 15) is 18.9 Å². The van der Waals surface area contributed by atoms with Crippen LogP contribution in [0.5, 0.6) is 0 Å². The Kier molecular flexibility index (Phi) is 3.12. The lowest BCUT2D eigenvalue weighted by Crippen LogP contribution is -2.29. The number of alkyl halides is 2. The highest BCUT2D eigenvalue weighted by molar-refractivity contribution is 7.15. The van der Waals surface area contributed by atoms with Crippen molar-refractivity contribution in [3.63, 3.8) is 0 Å². The fraction of sp³-hybridized carbons (Fsp3) is 0.429. The normalized spacial score (nSPS) is 11.6. The number of nitro groups is 1. The summed E-state index contributed by atoms with van der Waals surface area (Å²) in [6.45, 7) is -0.751. The number of halogens is 2. The minimum absolute atomic E-state index is 0.132. The van der Waals surface area contributed by atoms with Gasteiger partial charge in [0.2, 0.25) is 0 Å². The lowest BCUT2D eigenvalue weighted by Gasteiger charge is -2.11. The molecule has 0 fully saturated rings. The summed E-state index contributed by atoms with van der Waals surface area (Å²) in [5.41, 5.74) is 4.84. The number of rotatable bonds is 4. The van der Waals surface area contributed by atoms with Gasteiger partial charge in [0.15, 0.2) is 0 Å². The molecule has 0 aliphatic carbocycles. The van der Waals surface area contributed by atoms with E-state index >= 15 is 0 Å². The summed E-state index contributed by atoms with van der Waals surface area (Å²) >= 11 is 0.749. The topological polar surface area (TPSA) is 69.2 Å². The molecule has 1 aromatic rings. The SMILES string of the molecule is NCC(F)(F)Cc1ccc([N+](=O)[O-])s1. The van der Waals surface area contributed by atoms with Crippen molar-refractivity contribution in [1.29, 1.82) is 0 Å². The summed E-state index contributed by atoms with van der Waals surface area (Å²) in [6, 6.07) is 2.54. The molecule has 0 unspecified atom stereocenters. The average Bonchev–Trinajstić information content (AvgIpc) is 2.52. The molecule has 0 bridgehead atoms. The zero-order valence-electron chi connectivity index (χ0n) is 7.07. The van der Waals surface area contributed by atoms with Crippen LogP contribution in [0.1, 0.15) is 4.88 Å². The van der Waals surface area contributed by atoms with E-state index in [0.717, 1.165) is 11.3 Å². The lowest BCUT2D eigenvalue weighted by molar-refractivity contribution is -0.380. The Hall–Kier alpha value is -1.08. The standard InChI is InChI=1S/C7H8F2N2O2S/c8-7(9,4-10)3-5-1-2-6(14-5)11(12)13/h1-2H,3-4,10H2. The second-order valence-corrected chi connectivity index (χ2v) is 3.88. The Balaban J connectivity index is 2.73. The first-order valence-electron chi connectivity index (χ1n) is 3.75. The van der Waals surface area contributed by atoms with Gasteiger partial charge < -0.3 is 5.73 Å². The molecule has 0 aliphatic heterocycles. The molecule has 1 rings (SSSR count). The van der Waals surface area contributed by atoms with Gasteiger partial charge in [-0.05, 0) is 6.07 Å². The molecule has 0 radical (unpaired) electrons. The number of hydrogen-bond acceptors (Lipinski definition) is 4. The van der Waals surface area contributed by atoms with Gasteiger partial charge >= 0.3 is 5.00 Å². The highest BCUT2D eigenvalue weighted by Crippen LogP contribution is 2.28. The Morgan fingerprint density at radius 2 is 2.21 bits per heavy atom. The van der Waals surface area contributed by atoms with Crippen molar-refractivity contribution in [1.82, 2.24) is 0 Å². The van der Waals surface area contributed by atoms with Crippen LogP contribution < -0.4 is 5.73 Å². The van der Waals surface area contributed by atoms with Crippen LogP contribution in [0.3, 0.4) is 0 Å². The van der Waals surface area contributed by atoms with Crippen LogP contribution in [0.25, 0.3) is 0 Å². The van der Waals surface area contributed by atoms with E-state index < -0.39 is 23.8 Å². The van der Waals surface area contributed by atoms with Gasteiger partial charge in [0, 0.05) is 17.4 Å². The van der Waals surface area contributed by atoms with Gasteiger partial charge in [0.25, 0.3) is 5.92 Å². The maximum Gasteiger partial charge on any atom is 0.324 e. The van der Waals surface area contributed by atoms with Crippen LogP contribution in [0.2, 0.25) is 0 Å². The molecule has 14 heavy (non-hydrogen) atoms. The van der Waals surface area contributed by atoms with Crippen LogP contribution in [-0.2, 0) is 6.42 Å². The fourth-order valence-electron chi connectivity index (χ4n) is 0.887. The molecule has 1 heterocycles. The second-order valence-electron chi connectivity index (χ2n) is 2.73. The lowest BCUT2D eigenvalue weighted by atomic mass is 10.2. The van der Waals surface area contributed by atoms with Crippen LogP contribution in [0.15, 0.2) is 12.1 Å². The second kappa shape index (κ2) is 3.97. The van der Waals surface area contributed by atoms with Gasteiger partial charge in [-0.3, -0.25) is 10.1 Å². The quantitative estimate of drug-likeness (QED) is 0.623. The van der Waals surface area contributed by atoms with Crippen LogP contribution in [0.4, 0.5) is 13.8 Å². The van der Waals surface area contributed by atoms with E-state index in [4.69, 9.17) is 5.73 Å². The fourth-order valence-corrected chi connectivity index (χ4v) is 1.79. The third kappa shape index (κ3) is 2.71. The number of thiophene rings is 1. The summed E-state index contributed by atoms with van der Waals surface area (Å²) in [5, 5.41) is 10.1. The highest BCUT2D eigenvalue weighted by atomic mass is 32.1. The average molecular weight is 222 g/mol. The molecule has 4 nitrogen and oxygen atoms in total. The minimum atomic E-state index is -2.99. The van der Waals surface area contributed by atoms with E-state index in [1.165, 1.54) is 12.1 Å². The summed E-state index contributed by atoms with van der Waals surface area (Å²) in [6.07, 6.45) is -0.540. The van der Waals surface area contributed by atoms with Crippen molar-refractivity contribution >= 4 is 16.3 Å². The molecule has 0 saturated heterocycles. The zero-order valence-corrected chi connectivity index (χ0v) is 7.89. The number of hydrogen-bond donors (Lipinski definition) is 1. The summed E-state index contributed by atoms with van der Waals surface area (Å²) in [7, 11) is 0. The highest BCUT2D eigenvalue weighted by Gasteiger charge is 2.28. The zero-order chi connectivity index (χ0) is 10.8. The molecule has 0 amide bonds. The van der Waals surface area contributed by atoms with Crippen molar-refractivity contribution in [2.45, 2.75) is 12.3 Å². The van der Waals surface area contributed by atoms with Crippen LogP contribution in [0, 0.1) is 10.1 Å². The Morgan fingerprint density at radius 1 is 1.57 bits per heavy atom. The van der Waals surface area contributed by atoms with Crippen molar-refractivity contribution in [3.05, 3.63) is 27.1 Å². The van der Waals surface area contributed by atoms with E-state index in [2.05, 4.69) is 0 Å². The third-order valence-electron chi connectivity index (χ3n) is 1.56. The van der Waals surface area contributed by atoms with Gasteiger partial charge in [-0.25, -0.2) is 8.78 Å². The minimum Gasteiger partial charge on any atom is -0.325 e. The van der Waals surface area contributed by atoms with Crippen molar-refractivity contribution < 1.29 is 13.7 Å². The molecule has 7 heteroatoms. The van der Waals surface area contributed by atoms with Gasteiger partial charge in [-0.15, -0.1) is 0 Å². The van der Waals surface area contributed by atoms with Crippen molar-refractivity contribution in [3.8, 4) is 0 Å². The first-order chi connectivity index (χ1) is 6.44. The van der Waals surface area contributed by atoms with Crippen molar-refractivity contribution in [2.75, 3.05) is 6.54 Å². The number of nitrogens with zero attached hydrogens (tertiary/aromatic N) is 1. The van der Waals surface area contributed by atoms with Gasteiger partial charge in [-0.2, -0.15) is 0 Å². The molecule has 2 N–H and O–H groups in total. The Bertz CT molecular complexity index is 340. The Morgan fingerprint density at radius 3 is 2.64 bits per heavy atom.